The molecule has 0 aliphatic heterocycles. The van der Waals surface area contributed by atoms with E-state index < -0.39 is 10.0 Å². The van der Waals surface area contributed by atoms with Gasteiger partial charge in [-0.1, -0.05) is 26.0 Å². The van der Waals surface area contributed by atoms with Crippen molar-refractivity contribution in [3.8, 4) is 0 Å². The Kier molecular flexibility index (Phi) is 4.23. The number of benzene rings is 1. The smallest absolute Gasteiger partial charge is 0.240 e. The molecule has 4 nitrogen and oxygen atoms in total. The van der Waals surface area contributed by atoms with E-state index in [1.54, 1.807) is 24.3 Å². The Labute approximate surface area is 121 Å². The number of rotatable bonds is 6. The van der Waals surface area contributed by atoms with Crippen LogP contribution >= 0.6 is 0 Å². The number of hydrogen-bond donors (Lipinski definition) is 2. The average molecular weight is 296 g/mol. The molecule has 1 unspecified atom stereocenters. The van der Waals surface area contributed by atoms with Crippen LogP contribution in [-0.2, 0) is 10.0 Å². The van der Waals surface area contributed by atoms with Crippen molar-refractivity contribution < 1.29 is 8.42 Å². The number of nitrogens with one attached hydrogen (secondary N) is 1. The van der Waals surface area contributed by atoms with E-state index in [0.717, 1.165) is 18.4 Å². The van der Waals surface area contributed by atoms with Crippen molar-refractivity contribution in [1.29, 1.82) is 0 Å². The largest absolute Gasteiger partial charge is 0.324 e. The number of hydrogen-bond acceptors (Lipinski definition) is 3. The van der Waals surface area contributed by atoms with Crippen LogP contribution in [0.1, 0.15) is 45.2 Å². The Morgan fingerprint density at radius 3 is 2.15 bits per heavy atom. The SMILES string of the molecule is CC(N)c1ccc(S(=O)(=O)NCC2(C(C)C)CC2)cc1. The van der Waals surface area contributed by atoms with E-state index in [2.05, 4.69) is 18.6 Å². The van der Waals surface area contributed by atoms with Gasteiger partial charge in [-0.25, -0.2) is 13.1 Å². The van der Waals surface area contributed by atoms with Crippen LogP contribution in [0.3, 0.4) is 0 Å². The predicted octanol–water partition coefficient (Wildman–Crippen LogP) is 2.42. The van der Waals surface area contributed by atoms with Crippen LogP contribution in [0, 0.1) is 11.3 Å². The standard InChI is InChI=1S/C15H24N2O2S/c1-11(2)15(8-9-15)10-17-20(18,19)14-6-4-13(5-7-14)12(3)16/h4-7,11-12,17H,8-10,16H2,1-3H3. The van der Waals surface area contributed by atoms with E-state index in [1.807, 2.05) is 6.92 Å². The summed E-state index contributed by atoms with van der Waals surface area (Å²) in [6, 6.07) is 6.70. The molecule has 3 N–H and O–H groups in total. The summed E-state index contributed by atoms with van der Waals surface area (Å²) >= 11 is 0. The zero-order valence-corrected chi connectivity index (χ0v) is 13.2. The van der Waals surface area contributed by atoms with Crippen molar-refractivity contribution in [3.05, 3.63) is 29.8 Å². The third-order valence-corrected chi connectivity index (χ3v) is 5.86. The van der Waals surface area contributed by atoms with Gasteiger partial charge in [0.25, 0.3) is 0 Å². The maximum absolute atomic E-state index is 12.3. The summed E-state index contributed by atoms with van der Waals surface area (Å²) in [5.41, 5.74) is 6.87. The van der Waals surface area contributed by atoms with E-state index in [9.17, 15) is 8.42 Å². The normalized spacial score (nSPS) is 19.1. The highest BCUT2D eigenvalue weighted by Crippen LogP contribution is 2.51. The molecule has 0 radical (unpaired) electrons. The lowest BCUT2D eigenvalue weighted by Gasteiger charge is -2.20. The fraction of sp³-hybridized carbons (Fsp3) is 0.600. The monoisotopic (exact) mass is 296 g/mol. The van der Waals surface area contributed by atoms with Crippen molar-refractivity contribution in [1.82, 2.24) is 4.72 Å². The van der Waals surface area contributed by atoms with Gasteiger partial charge in [0.05, 0.1) is 4.90 Å². The summed E-state index contributed by atoms with van der Waals surface area (Å²) in [7, 11) is -3.42. The first-order chi connectivity index (χ1) is 9.27. The van der Waals surface area contributed by atoms with Crippen molar-refractivity contribution in [3.63, 3.8) is 0 Å². The lowest BCUT2D eigenvalue weighted by atomic mass is 9.93. The lowest BCUT2D eigenvalue weighted by molar-refractivity contribution is 0.357. The van der Waals surface area contributed by atoms with E-state index in [1.165, 1.54) is 0 Å². The average Bonchev–Trinajstić information content (AvgIpc) is 3.18. The highest BCUT2D eigenvalue weighted by Gasteiger charge is 2.45. The lowest BCUT2D eigenvalue weighted by Crippen LogP contribution is -2.32. The molecular weight excluding hydrogens is 272 g/mol. The highest BCUT2D eigenvalue weighted by molar-refractivity contribution is 7.89. The fourth-order valence-corrected chi connectivity index (χ4v) is 3.53. The molecule has 1 aliphatic carbocycles. The molecule has 1 atom stereocenters. The minimum Gasteiger partial charge on any atom is -0.324 e. The second-order valence-electron chi connectivity index (χ2n) is 6.20. The Balaban J connectivity index is 2.07. The summed E-state index contributed by atoms with van der Waals surface area (Å²) in [6.07, 6.45) is 2.22. The van der Waals surface area contributed by atoms with E-state index in [4.69, 9.17) is 5.73 Å². The van der Waals surface area contributed by atoms with Crippen LogP contribution in [0.25, 0.3) is 0 Å². The molecule has 0 saturated heterocycles. The zero-order chi connectivity index (χ0) is 15.0. The maximum Gasteiger partial charge on any atom is 0.240 e. The minimum absolute atomic E-state index is 0.0876. The second-order valence-corrected chi connectivity index (χ2v) is 7.97. The quantitative estimate of drug-likeness (QED) is 0.847. The fourth-order valence-electron chi connectivity index (χ4n) is 2.39. The van der Waals surface area contributed by atoms with Gasteiger partial charge >= 0.3 is 0 Å². The minimum atomic E-state index is -3.42. The first kappa shape index (κ1) is 15.5. The van der Waals surface area contributed by atoms with Gasteiger partial charge in [-0.15, -0.1) is 0 Å². The van der Waals surface area contributed by atoms with Crippen molar-refractivity contribution in [2.75, 3.05) is 6.54 Å². The van der Waals surface area contributed by atoms with Crippen molar-refractivity contribution >= 4 is 10.0 Å². The first-order valence-electron chi connectivity index (χ1n) is 7.12. The number of nitrogens with two attached hydrogens (primary N) is 1. The van der Waals surface area contributed by atoms with Crippen LogP contribution in [-0.4, -0.2) is 15.0 Å². The first-order valence-corrected chi connectivity index (χ1v) is 8.60. The van der Waals surface area contributed by atoms with Crippen molar-refractivity contribution in [2.45, 2.75) is 44.6 Å². The Bertz CT molecular complexity index is 558. The van der Waals surface area contributed by atoms with Crippen LogP contribution < -0.4 is 10.5 Å². The molecule has 1 saturated carbocycles. The van der Waals surface area contributed by atoms with Crippen LogP contribution in [0.15, 0.2) is 29.2 Å². The Morgan fingerprint density at radius 1 is 1.20 bits per heavy atom. The third-order valence-electron chi connectivity index (χ3n) is 4.45. The molecule has 1 aromatic carbocycles. The second kappa shape index (κ2) is 5.47. The maximum atomic E-state index is 12.3. The number of sulfonamides is 1. The van der Waals surface area contributed by atoms with E-state index in [-0.39, 0.29) is 11.5 Å². The molecule has 0 bridgehead atoms. The molecule has 1 fully saturated rings. The summed E-state index contributed by atoms with van der Waals surface area (Å²) in [6.45, 7) is 6.71. The third kappa shape index (κ3) is 3.22. The summed E-state index contributed by atoms with van der Waals surface area (Å²) < 4.78 is 27.3. The zero-order valence-electron chi connectivity index (χ0n) is 12.4. The molecule has 1 aliphatic rings. The van der Waals surface area contributed by atoms with Crippen LogP contribution in [0.2, 0.25) is 0 Å². The van der Waals surface area contributed by atoms with Gasteiger partial charge in [0.15, 0.2) is 0 Å². The molecule has 112 valence electrons. The van der Waals surface area contributed by atoms with E-state index in [0.29, 0.717) is 17.4 Å². The highest BCUT2D eigenvalue weighted by atomic mass is 32.2. The molecule has 0 heterocycles. The molecule has 1 aromatic rings. The summed E-state index contributed by atoms with van der Waals surface area (Å²) in [5.74, 6) is 0.505. The Hall–Kier alpha value is -0.910. The molecular formula is C15H24N2O2S. The van der Waals surface area contributed by atoms with Crippen molar-refractivity contribution in [2.24, 2.45) is 17.1 Å². The van der Waals surface area contributed by atoms with Gasteiger partial charge in [0.2, 0.25) is 10.0 Å². The van der Waals surface area contributed by atoms with E-state index >= 15 is 0 Å². The Morgan fingerprint density at radius 2 is 1.75 bits per heavy atom. The van der Waals surface area contributed by atoms with Gasteiger partial charge in [-0.2, -0.15) is 0 Å². The molecule has 2 rings (SSSR count). The van der Waals surface area contributed by atoms with Crippen LogP contribution in [0.5, 0.6) is 0 Å². The predicted molar refractivity (Wildman–Crippen MR) is 80.7 cm³/mol. The molecule has 0 spiro atoms. The van der Waals surface area contributed by atoms with Gasteiger partial charge in [0.1, 0.15) is 0 Å². The topological polar surface area (TPSA) is 72.2 Å². The van der Waals surface area contributed by atoms with Gasteiger partial charge < -0.3 is 5.73 Å². The van der Waals surface area contributed by atoms with Gasteiger partial charge in [0, 0.05) is 12.6 Å². The molecule has 0 amide bonds. The summed E-state index contributed by atoms with van der Waals surface area (Å²) in [5, 5.41) is 0. The molecule has 0 aromatic heterocycles. The summed E-state index contributed by atoms with van der Waals surface area (Å²) in [4.78, 5) is 0.307. The van der Waals surface area contributed by atoms with Crippen LogP contribution in [0.4, 0.5) is 0 Å². The molecule has 20 heavy (non-hydrogen) atoms. The van der Waals surface area contributed by atoms with Gasteiger partial charge in [-0.05, 0) is 48.8 Å². The van der Waals surface area contributed by atoms with Gasteiger partial charge in [-0.3, -0.25) is 0 Å². The molecule has 5 heteroatoms.